The Hall–Kier alpha value is -2.54. The molecule has 1 aromatic heterocycles. The molecule has 7 nitrogen and oxygen atoms in total. The zero-order valence-electron chi connectivity index (χ0n) is 12.8. The lowest BCUT2D eigenvalue weighted by atomic mass is 10.3. The van der Waals surface area contributed by atoms with Crippen LogP contribution in [0, 0.1) is 6.92 Å². The topological polar surface area (TPSA) is 85.4 Å². The minimum absolute atomic E-state index is 0.210. The lowest BCUT2D eigenvalue weighted by Crippen LogP contribution is -2.32. The molecule has 23 heavy (non-hydrogen) atoms. The van der Waals surface area contributed by atoms with Crippen molar-refractivity contribution in [3.63, 3.8) is 0 Å². The molecule has 0 atom stereocenters. The molecule has 122 valence electrons. The van der Waals surface area contributed by atoms with Gasteiger partial charge in [0.1, 0.15) is 6.61 Å². The van der Waals surface area contributed by atoms with Gasteiger partial charge in [-0.05, 0) is 31.2 Å². The summed E-state index contributed by atoms with van der Waals surface area (Å²) >= 11 is 5.78. The first-order chi connectivity index (χ1) is 11.1. The summed E-state index contributed by atoms with van der Waals surface area (Å²) in [6, 6.07) is 8.40. The third-order valence-corrected chi connectivity index (χ3v) is 2.99. The molecule has 0 radical (unpaired) electrons. The number of hydrogen-bond donors (Lipinski definition) is 2. The van der Waals surface area contributed by atoms with E-state index in [1.165, 1.54) is 7.11 Å². The van der Waals surface area contributed by atoms with Crippen molar-refractivity contribution in [3.8, 4) is 11.9 Å². The van der Waals surface area contributed by atoms with Crippen LogP contribution < -0.4 is 20.1 Å². The summed E-state index contributed by atoms with van der Waals surface area (Å²) in [7, 11) is 1.52. The van der Waals surface area contributed by atoms with E-state index in [-0.39, 0.29) is 18.6 Å². The minimum Gasteiger partial charge on any atom is -0.481 e. The highest BCUT2D eigenvalue weighted by molar-refractivity contribution is 6.30. The van der Waals surface area contributed by atoms with Gasteiger partial charge in [-0.1, -0.05) is 11.6 Å². The largest absolute Gasteiger partial charge is 0.481 e. The number of aryl methyl sites for hydroxylation is 1. The molecule has 0 aliphatic heterocycles. The van der Waals surface area contributed by atoms with Crippen LogP contribution in [0.3, 0.4) is 0 Å². The maximum Gasteiger partial charge on any atom is 0.319 e. The molecule has 0 unspecified atom stereocenters. The highest BCUT2D eigenvalue weighted by atomic mass is 35.5. The SMILES string of the molecule is COc1cc(C)nc(OCCNC(=O)Nc2ccc(Cl)cc2)n1. The van der Waals surface area contributed by atoms with Crippen molar-refractivity contribution < 1.29 is 14.3 Å². The van der Waals surface area contributed by atoms with E-state index >= 15 is 0 Å². The van der Waals surface area contributed by atoms with Crippen LogP contribution in [-0.4, -0.2) is 36.3 Å². The van der Waals surface area contributed by atoms with Crippen LogP contribution in [0.4, 0.5) is 10.5 Å². The summed E-state index contributed by atoms with van der Waals surface area (Å²) < 4.78 is 10.4. The first-order valence-electron chi connectivity index (χ1n) is 6.89. The molecule has 0 fully saturated rings. The number of nitrogens with zero attached hydrogens (tertiary/aromatic N) is 2. The third kappa shape index (κ3) is 5.63. The second-order valence-corrected chi connectivity index (χ2v) is 5.01. The predicted molar refractivity (Wildman–Crippen MR) is 87.3 cm³/mol. The Bertz CT molecular complexity index is 664. The number of urea groups is 1. The van der Waals surface area contributed by atoms with Gasteiger partial charge >= 0.3 is 12.0 Å². The van der Waals surface area contributed by atoms with Crippen LogP contribution in [0.1, 0.15) is 5.69 Å². The maximum atomic E-state index is 11.7. The molecule has 2 rings (SSSR count). The van der Waals surface area contributed by atoms with Crippen LogP contribution in [0.2, 0.25) is 5.02 Å². The van der Waals surface area contributed by atoms with Crippen molar-refractivity contribution in [2.24, 2.45) is 0 Å². The van der Waals surface area contributed by atoms with Gasteiger partial charge in [-0.2, -0.15) is 4.98 Å². The molecular weight excluding hydrogens is 320 g/mol. The number of halogens is 1. The summed E-state index contributed by atoms with van der Waals surface area (Å²) in [4.78, 5) is 19.9. The van der Waals surface area contributed by atoms with Crippen LogP contribution in [0.25, 0.3) is 0 Å². The molecule has 2 aromatic rings. The first-order valence-corrected chi connectivity index (χ1v) is 7.27. The van der Waals surface area contributed by atoms with Crippen molar-refractivity contribution in [2.75, 3.05) is 25.6 Å². The van der Waals surface area contributed by atoms with Gasteiger partial charge in [-0.25, -0.2) is 9.78 Å². The van der Waals surface area contributed by atoms with E-state index < -0.39 is 0 Å². The van der Waals surface area contributed by atoms with E-state index in [0.29, 0.717) is 23.1 Å². The molecule has 1 aromatic carbocycles. The monoisotopic (exact) mass is 336 g/mol. The molecule has 0 saturated heterocycles. The zero-order chi connectivity index (χ0) is 16.7. The smallest absolute Gasteiger partial charge is 0.319 e. The summed E-state index contributed by atoms with van der Waals surface area (Å²) in [6.45, 7) is 2.36. The van der Waals surface area contributed by atoms with Crippen molar-refractivity contribution >= 4 is 23.3 Å². The number of ether oxygens (including phenoxy) is 2. The number of methoxy groups -OCH3 is 1. The fourth-order valence-corrected chi connectivity index (χ4v) is 1.82. The second-order valence-electron chi connectivity index (χ2n) is 4.57. The first kappa shape index (κ1) is 16.8. The normalized spacial score (nSPS) is 10.0. The molecule has 0 bridgehead atoms. The lowest BCUT2D eigenvalue weighted by Gasteiger charge is -2.09. The van der Waals surface area contributed by atoms with Gasteiger partial charge in [0.15, 0.2) is 0 Å². The second kappa shape index (κ2) is 8.19. The average Bonchev–Trinajstić information content (AvgIpc) is 2.53. The number of rotatable bonds is 6. The number of nitrogens with one attached hydrogen (secondary N) is 2. The van der Waals surface area contributed by atoms with Crippen LogP contribution >= 0.6 is 11.6 Å². The number of carbonyl (C=O) groups is 1. The molecule has 0 saturated carbocycles. The molecule has 0 aliphatic carbocycles. The van der Waals surface area contributed by atoms with Crippen molar-refractivity contribution in [2.45, 2.75) is 6.92 Å². The summed E-state index contributed by atoms with van der Waals surface area (Å²) in [5.74, 6) is 0.431. The molecule has 2 amide bonds. The van der Waals surface area contributed by atoms with E-state index in [4.69, 9.17) is 21.1 Å². The summed E-state index contributed by atoms with van der Waals surface area (Å²) in [6.07, 6.45) is 0. The van der Waals surface area contributed by atoms with E-state index in [2.05, 4.69) is 20.6 Å². The quantitative estimate of drug-likeness (QED) is 0.792. The van der Waals surface area contributed by atoms with E-state index in [1.807, 2.05) is 6.92 Å². The van der Waals surface area contributed by atoms with E-state index in [9.17, 15) is 4.79 Å². The molecule has 8 heteroatoms. The van der Waals surface area contributed by atoms with Crippen LogP contribution in [0.15, 0.2) is 30.3 Å². The lowest BCUT2D eigenvalue weighted by molar-refractivity contribution is 0.244. The third-order valence-electron chi connectivity index (χ3n) is 2.74. The molecule has 1 heterocycles. The molecule has 0 spiro atoms. The highest BCUT2D eigenvalue weighted by Gasteiger charge is 2.04. The Morgan fingerprint density at radius 2 is 2.00 bits per heavy atom. The Morgan fingerprint density at radius 1 is 1.26 bits per heavy atom. The van der Waals surface area contributed by atoms with Crippen molar-refractivity contribution in [1.82, 2.24) is 15.3 Å². The Morgan fingerprint density at radius 3 is 2.70 bits per heavy atom. The molecular formula is C15H17ClN4O3. The number of carbonyl (C=O) groups excluding carboxylic acids is 1. The Labute approximate surface area is 139 Å². The number of hydrogen-bond acceptors (Lipinski definition) is 5. The Kier molecular flexibility index (Phi) is 5.99. The van der Waals surface area contributed by atoms with Crippen LogP contribution in [-0.2, 0) is 0 Å². The molecule has 0 aliphatic rings. The predicted octanol–water partition coefficient (Wildman–Crippen LogP) is 2.65. The Balaban J connectivity index is 1.73. The van der Waals surface area contributed by atoms with Crippen LogP contribution in [0.5, 0.6) is 11.9 Å². The standard InChI is InChI=1S/C15H17ClN4O3/c1-10-9-13(22-2)20-15(18-10)23-8-7-17-14(21)19-12-5-3-11(16)4-6-12/h3-6,9H,7-8H2,1-2H3,(H2,17,19,21). The van der Waals surface area contributed by atoms with Gasteiger partial charge in [-0.15, -0.1) is 0 Å². The molecule has 2 N–H and O–H groups in total. The maximum absolute atomic E-state index is 11.7. The fraction of sp³-hybridized carbons (Fsp3) is 0.267. The van der Waals surface area contributed by atoms with Crippen molar-refractivity contribution in [3.05, 3.63) is 41.0 Å². The highest BCUT2D eigenvalue weighted by Crippen LogP contribution is 2.13. The summed E-state index contributed by atoms with van der Waals surface area (Å²) in [5.41, 5.74) is 1.39. The van der Waals surface area contributed by atoms with Gasteiger partial charge in [0.05, 0.1) is 13.7 Å². The summed E-state index contributed by atoms with van der Waals surface area (Å²) in [5, 5.41) is 5.95. The number of amides is 2. The van der Waals surface area contributed by atoms with Gasteiger partial charge < -0.3 is 20.1 Å². The number of aromatic nitrogens is 2. The van der Waals surface area contributed by atoms with Gasteiger partial charge in [0, 0.05) is 22.5 Å². The van der Waals surface area contributed by atoms with Crippen molar-refractivity contribution in [1.29, 1.82) is 0 Å². The fourth-order valence-electron chi connectivity index (χ4n) is 1.70. The van der Waals surface area contributed by atoms with E-state index in [0.717, 1.165) is 5.69 Å². The van der Waals surface area contributed by atoms with E-state index in [1.54, 1.807) is 30.3 Å². The average molecular weight is 337 g/mol. The number of benzene rings is 1. The zero-order valence-corrected chi connectivity index (χ0v) is 13.6. The number of anilines is 1. The van der Waals surface area contributed by atoms with Gasteiger partial charge in [0.25, 0.3) is 0 Å². The van der Waals surface area contributed by atoms with Gasteiger partial charge in [-0.3, -0.25) is 0 Å². The minimum atomic E-state index is -0.335. The van der Waals surface area contributed by atoms with Gasteiger partial charge in [0.2, 0.25) is 5.88 Å².